The van der Waals surface area contributed by atoms with Crippen LogP contribution in [0.5, 0.6) is 0 Å². The SMILES string of the molecule is CCNc1nc(N2CCCCC2)nc(-n2cnc(SCc3ccccc3)n2)n1. The minimum Gasteiger partial charge on any atom is -0.354 e. The maximum atomic E-state index is 4.66. The van der Waals surface area contributed by atoms with Crippen molar-refractivity contribution in [2.75, 3.05) is 29.9 Å². The predicted molar refractivity (Wildman–Crippen MR) is 111 cm³/mol. The van der Waals surface area contributed by atoms with Crippen molar-refractivity contribution in [2.45, 2.75) is 37.1 Å². The van der Waals surface area contributed by atoms with Crippen LogP contribution in [-0.4, -0.2) is 49.4 Å². The first-order chi connectivity index (χ1) is 13.8. The molecule has 0 bridgehead atoms. The summed E-state index contributed by atoms with van der Waals surface area (Å²) in [7, 11) is 0. The van der Waals surface area contributed by atoms with E-state index in [4.69, 9.17) is 0 Å². The van der Waals surface area contributed by atoms with Gasteiger partial charge in [0, 0.05) is 25.4 Å². The summed E-state index contributed by atoms with van der Waals surface area (Å²) >= 11 is 1.60. The quantitative estimate of drug-likeness (QED) is 0.610. The highest BCUT2D eigenvalue weighted by molar-refractivity contribution is 7.98. The van der Waals surface area contributed by atoms with Gasteiger partial charge in [0.1, 0.15) is 6.33 Å². The van der Waals surface area contributed by atoms with Gasteiger partial charge in [-0.25, -0.2) is 4.98 Å². The molecule has 0 unspecified atom stereocenters. The molecule has 1 saturated heterocycles. The maximum Gasteiger partial charge on any atom is 0.258 e. The zero-order valence-electron chi connectivity index (χ0n) is 16.0. The number of rotatable bonds is 7. The molecular formula is C19H24N8S. The van der Waals surface area contributed by atoms with E-state index in [1.54, 1.807) is 22.8 Å². The number of nitrogens with zero attached hydrogens (tertiary/aromatic N) is 7. The molecule has 4 rings (SSSR count). The molecule has 0 atom stereocenters. The third-order valence-corrected chi connectivity index (χ3v) is 5.40. The second kappa shape index (κ2) is 9.01. The normalized spacial score (nSPS) is 14.2. The van der Waals surface area contributed by atoms with Gasteiger partial charge in [0.15, 0.2) is 0 Å². The lowest BCUT2D eigenvalue weighted by Gasteiger charge is -2.26. The zero-order valence-corrected chi connectivity index (χ0v) is 16.8. The van der Waals surface area contributed by atoms with Crippen LogP contribution in [0.4, 0.5) is 11.9 Å². The van der Waals surface area contributed by atoms with Crippen molar-refractivity contribution in [3.63, 3.8) is 0 Å². The number of benzene rings is 1. The molecule has 1 aliphatic rings. The van der Waals surface area contributed by atoms with Gasteiger partial charge in [-0.1, -0.05) is 42.1 Å². The second-order valence-corrected chi connectivity index (χ2v) is 7.53. The average Bonchev–Trinajstić information content (AvgIpc) is 3.23. The highest BCUT2D eigenvalue weighted by Crippen LogP contribution is 2.21. The smallest absolute Gasteiger partial charge is 0.258 e. The van der Waals surface area contributed by atoms with E-state index in [1.807, 2.05) is 25.1 Å². The summed E-state index contributed by atoms with van der Waals surface area (Å²) in [6, 6.07) is 10.3. The molecule has 146 valence electrons. The number of hydrogen-bond acceptors (Lipinski definition) is 8. The van der Waals surface area contributed by atoms with E-state index < -0.39 is 0 Å². The fourth-order valence-corrected chi connectivity index (χ4v) is 3.82. The van der Waals surface area contributed by atoms with Crippen molar-refractivity contribution in [1.29, 1.82) is 0 Å². The van der Waals surface area contributed by atoms with E-state index in [2.05, 4.69) is 47.4 Å². The third kappa shape index (κ3) is 4.59. The van der Waals surface area contributed by atoms with Crippen molar-refractivity contribution < 1.29 is 0 Å². The van der Waals surface area contributed by atoms with E-state index in [0.717, 1.165) is 25.4 Å². The van der Waals surface area contributed by atoms with E-state index in [-0.39, 0.29) is 0 Å². The van der Waals surface area contributed by atoms with Crippen molar-refractivity contribution in [1.82, 2.24) is 29.7 Å². The Morgan fingerprint density at radius 3 is 2.57 bits per heavy atom. The Bertz CT molecular complexity index is 892. The molecule has 9 heteroatoms. The van der Waals surface area contributed by atoms with Crippen LogP contribution >= 0.6 is 11.8 Å². The van der Waals surface area contributed by atoms with Gasteiger partial charge in [-0.05, 0) is 31.7 Å². The van der Waals surface area contributed by atoms with Gasteiger partial charge in [0.2, 0.25) is 17.1 Å². The van der Waals surface area contributed by atoms with Gasteiger partial charge in [-0.15, -0.1) is 5.10 Å². The monoisotopic (exact) mass is 396 g/mol. The molecule has 3 aromatic rings. The molecule has 0 aliphatic carbocycles. The van der Waals surface area contributed by atoms with Crippen LogP contribution in [0.15, 0.2) is 41.8 Å². The van der Waals surface area contributed by atoms with Crippen LogP contribution in [0.25, 0.3) is 5.95 Å². The minimum atomic E-state index is 0.491. The Hall–Kier alpha value is -2.68. The topological polar surface area (TPSA) is 84.7 Å². The summed E-state index contributed by atoms with van der Waals surface area (Å²) in [6.45, 7) is 4.73. The van der Waals surface area contributed by atoms with Crippen LogP contribution in [0.2, 0.25) is 0 Å². The average molecular weight is 397 g/mol. The number of nitrogens with one attached hydrogen (secondary N) is 1. The zero-order chi connectivity index (χ0) is 19.2. The van der Waals surface area contributed by atoms with Gasteiger partial charge in [0.05, 0.1) is 0 Å². The number of aromatic nitrogens is 6. The molecule has 0 spiro atoms. The highest BCUT2D eigenvalue weighted by Gasteiger charge is 2.17. The van der Waals surface area contributed by atoms with Crippen LogP contribution < -0.4 is 10.2 Å². The molecular weight excluding hydrogens is 372 g/mol. The fourth-order valence-electron chi connectivity index (χ4n) is 3.06. The number of piperidine rings is 1. The van der Waals surface area contributed by atoms with Crippen LogP contribution in [0.1, 0.15) is 31.7 Å². The van der Waals surface area contributed by atoms with E-state index in [9.17, 15) is 0 Å². The van der Waals surface area contributed by atoms with Crippen LogP contribution in [0, 0.1) is 0 Å². The van der Waals surface area contributed by atoms with Gasteiger partial charge in [0.25, 0.3) is 5.95 Å². The van der Waals surface area contributed by atoms with Crippen molar-refractivity contribution >= 4 is 23.7 Å². The maximum absolute atomic E-state index is 4.66. The summed E-state index contributed by atoms with van der Waals surface area (Å²) in [6.07, 6.45) is 5.26. The molecule has 1 fully saturated rings. The summed E-state index contributed by atoms with van der Waals surface area (Å²) < 4.78 is 1.63. The third-order valence-electron chi connectivity index (χ3n) is 4.47. The van der Waals surface area contributed by atoms with Gasteiger partial charge in [-0.3, -0.25) is 0 Å². The first-order valence-corrected chi connectivity index (χ1v) is 10.6. The lowest BCUT2D eigenvalue weighted by molar-refractivity contribution is 0.566. The van der Waals surface area contributed by atoms with Crippen LogP contribution in [-0.2, 0) is 5.75 Å². The molecule has 8 nitrogen and oxygen atoms in total. The Morgan fingerprint density at radius 1 is 1.00 bits per heavy atom. The molecule has 0 saturated carbocycles. The first-order valence-electron chi connectivity index (χ1n) is 9.65. The first kappa shape index (κ1) is 18.7. The standard InChI is InChI=1S/C19H24N8S/c1-2-20-16-22-17(26-11-7-4-8-12-26)24-18(23-16)27-14-21-19(25-27)28-13-15-9-5-3-6-10-15/h3,5-6,9-10,14H,2,4,7-8,11-13H2,1H3,(H,20,22,23,24). The minimum absolute atomic E-state index is 0.491. The van der Waals surface area contributed by atoms with E-state index in [0.29, 0.717) is 23.0 Å². The second-order valence-electron chi connectivity index (χ2n) is 6.58. The summed E-state index contributed by atoms with van der Waals surface area (Å²) in [5.74, 6) is 2.59. The summed E-state index contributed by atoms with van der Waals surface area (Å²) in [5, 5.41) is 8.45. The summed E-state index contributed by atoms with van der Waals surface area (Å²) in [4.78, 5) is 20.4. The highest BCUT2D eigenvalue weighted by atomic mass is 32.2. The summed E-state index contributed by atoms with van der Waals surface area (Å²) in [5.41, 5.74) is 1.24. The lowest BCUT2D eigenvalue weighted by atomic mass is 10.1. The number of thioether (sulfide) groups is 1. The Balaban J connectivity index is 1.54. The van der Waals surface area contributed by atoms with E-state index >= 15 is 0 Å². The number of hydrogen-bond donors (Lipinski definition) is 1. The molecule has 0 amide bonds. The molecule has 2 aromatic heterocycles. The van der Waals surface area contributed by atoms with Gasteiger partial charge >= 0.3 is 0 Å². The molecule has 3 heterocycles. The molecule has 1 aromatic carbocycles. The largest absolute Gasteiger partial charge is 0.354 e. The Morgan fingerprint density at radius 2 is 1.79 bits per heavy atom. The van der Waals surface area contributed by atoms with Gasteiger partial charge in [-0.2, -0.15) is 19.6 Å². The molecule has 1 aliphatic heterocycles. The van der Waals surface area contributed by atoms with E-state index in [1.165, 1.54) is 24.8 Å². The Labute approximate surface area is 168 Å². The Kier molecular flexibility index (Phi) is 6.01. The molecule has 0 radical (unpaired) electrons. The van der Waals surface area contributed by atoms with Crippen molar-refractivity contribution in [3.8, 4) is 5.95 Å². The van der Waals surface area contributed by atoms with Crippen molar-refractivity contribution in [3.05, 3.63) is 42.2 Å². The molecule has 1 N–H and O–H groups in total. The number of anilines is 2. The lowest BCUT2D eigenvalue weighted by Crippen LogP contribution is -2.31. The van der Waals surface area contributed by atoms with Gasteiger partial charge < -0.3 is 10.2 Å². The predicted octanol–water partition coefficient (Wildman–Crippen LogP) is 3.17. The van der Waals surface area contributed by atoms with Crippen molar-refractivity contribution in [2.24, 2.45) is 0 Å². The fraction of sp³-hybridized carbons (Fsp3) is 0.421. The molecule has 28 heavy (non-hydrogen) atoms. The van der Waals surface area contributed by atoms with Crippen LogP contribution in [0.3, 0.4) is 0 Å².